The summed E-state index contributed by atoms with van der Waals surface area (Å²) < 4.78 is 64.7. The van der Waals surface area contributed by atoms with Crippen LogP contribution in [0.15, 0.2) is 59.9 Å². The molecule has 1 aliphatic carbocycles. The molecular formula is C20H17F3O5S. The predicted molar refractivity (Wildman–Crippen MR) is 100 cm³/mol. The van der Waals surface area contributed by atoms with Crippen molar-refractivity contribution in [2.24, 2.45) is 5.41 Å². The van der Waals surface area contributed by atoms with Crippen LogP contribution in [0.3, 0.4) is 0 Å². The lowest BCUT2D eigenvalue weighted by molar-refractivity contribution is -0.0520. The van der Waals surface area contributed by atoms with E-state index in [1.165, 1.54) is 42.5 Å². The molecule has 1 aromatic rings. The van der Waals surface area contributed by atoms with E-state index >= 15 is 0 Å². The van der Waals surface area contributed by atoms with E-state index in [0.717, 1.165) is 0 Å². The smallest absolute Gasteiger partial charge is 0.478 e. The van der Waals surface area contributed by atoms with Gasteiger partial charge in [-0.1, -0.05) is 31.8 Å². The Balaban J connectivity index is 2.22. The van der Waals surface area contributed by atoms with E-state index in [1.54, 1.807) is 6.08 Å². The number of carbonyl (C=O) groups is 1. The van der Waals surface area contributed by atoms with Crippen molar-refractivity contribution in [3.63, 3.8) is 0 Å². The van der Waals surface area contributed by atoms with Gasteiger partial charge in [-0.25, -0.2) is 4.79 Å². The van der Waals surface area contributed by atoms with Crippen LogP contribution in [0.1, 0.15) is 36.2 Å². The number of hydrogen-bond donors (Lipinski definition) is 1. The Morgan fingerprint density at radius 2 is 1.86 bits per heavy atom. The summed E-state index contributed by atoms with van der Waals surface area (Å²) in [5, 5.41) is 8.85. The Morgan fingerprint density at radius 1 is 1.24 bits per heavy atom. The third-order valence-corrected chi connectivity index (χ3v) is 4.79. The monoisotopic (exact) mass is 426 g/mol. The molecule has 0 spiro atoms. The molecular weight excluding hydrogens is 409 g/mol. The maximum atomic E-state index is 12.6. The standard InChI is InChI=1S/C20H17F3O5S/c1-19(2)12-11-17(28-29(26,27)20(21,22)23)16(13-19)6-4-3-5-14-7-9-15(10-8-14)18(24)25/h4,6-11,13H,12H2,1-2H3,(H,24,25). The van der Waals surface area contributed by atoms with Crippen molar-refractivity contribution in [1.29, 1.82) is 0 Å². The number of halogens is 3. The van der Waals surface area contributed by atoms with E-state index < -0.39 is 32.8 Å². The highest BCUT2D eigenvalue weighted by Crippen LogP contribution is 2.36. The van der Waals surface area contributed by atoms with E-state index in [2.05, 4.69) is 16.0 Å². The molecule has 0 radical (unpaired) electrons. The van der Waals surface area contributed by atoms with Gasteiger partial charge in [0.2, 0.25) is 0 Å². The second-order valence-corrected chi connectivity index (χ2v) is 8.37. The molecule has 0 saturated carbocycles. The fourth-order valence-corrected chi connectivity index (χ4v) is 2.85. The van der Waals surface area contributed by atoms with E-state index in [4.69, 9.17) is 5.11 Å². The van der Waals surface area contributed by atoms with Gasteiger partial charge in [0.1, 0.15) is 5.76 Å². The van der Waals surface area contributed by atoms with Crippen molar-refractivity contribution in [2.75, 3.05) is 0 Å². The van der Waals surface area contributed by atoms with Crippen molar-refractivity contribution in [2.45, 2.75) is 25.8 Å². The van der Waals surface area contributed by atoms with Gasteiger partial charge in [-0.15, -0.1) is 0 Å². The first-order valence-corrected chi connectivity index (χ1v) is 9.67. The van der Waals surface area contributed by atoms with Crippen LogP contribution < -0.4 is 0 Å². The first-order valence-electron chi connectivity index (χ1n) is 8.26. The third kappa shape index (κ3) is 5.99. The zero-order valence-electron chi connectivity index (χ0n) is 15.4. The van der Waals surface area contributed by atoms with Crippen LogP contribution in [0, 0.1) is 17.3 Å². The summed E-state index contributed by atoms with van der Waals surface area (Å²) in [6.45, 7) is 3.67. The van der Waals surface area contributed by atoms with Crippen molar-refractivity contribution in [3.05, 3.63) is 71.0 Å². The number of rotatable bonds is 4. The first kappa shape index (κ1) is 22.3. The minimum Gasteiger partial charge on any atom is -0.478 e. The minimum atomic E-state index is -5.78. The Hall–Kier alpha value is -2.99. The lowest BCUT2D eigenvalue weighted by Crippen LogP contribution is -2.26. The topological polar surface area (TPSA) is 80.7 Å². The van der Waals surface area contributed by atoms with Crippen LogP contribution in [-0.2, 0) is 14.3 Å². The van der Waals surface area contributed by atoms with Crippen LogP contribution in [0.5, 0.6) is 0 Å². The van der Waals surface area contributed by atoms with Crippen molar-refractivity contribution >= 4 is 16.1 Å². The highest BCUT2D eigenvalue weighted by molar-refractivity contribution is 7.87. The molecule has 1 N–H and O–H groups in total. The molecule has 0 atom stereocenters. The molecule has 5 nitrogen and oxygen atoms in total. The Bertz CT molecular complexity index is 1050. The maximum absolute atomic E-state index is 12.6. The van der Waals surface area contributed by atoms with Gasteiger partial charge in [-0.05, 0) is 54.3 Å². The summed E-state index contributed by atoms with van der Waals surface area (Å²) in [5.74, 6) is 3.93. The largest absolute Gasteiger partial charge is 0.534 e. The molecule has 2 rings (SSSR count). The van der Waals surface area contributed by atoms with E-state index in [9.17, 15) is 26.4 Å². The van der Waals surface area contributed by atoms with Crippen molar-refractivity contribution < 1.29 is 35.7 Å². The summed E-state index contributed by atoms with van der Waals surface area (Å²) in [5.41, 5.74) is -5.14. The predicted octanol–water partition coefficient (Wildman–Crippen LogP) is 4.40. The molecule has 9 heteroatoms. The second kappa shape index (κ2) is 8.17. The summed E-state index contributed by atoms with van der Waals surface area (Å²) in [6.07, 6.45) is 5.90. The SMILES string of the molecule is CC1(C)C=C(C=CC#Cc2ccc(C(=O)O)cc2)C(OS(=O)(=O)C(F)(F)F)=CC1. The molecule has 0 unspecified atom stereocenters. The zero-order chi connectivity index (χ0) is 21.9. The molecule has 0 aliphatic heterocycles. The Labute approximate surface area is 166 Å². The van der Waals surface area contributed by atoms with Crippen LogP contribution in [0.25, 0.3) is 0 Å². The van der Waals surface area contributed by atoms with Gasteiger partial charge >= 0.3 is 21.6 Å². The van der Waals surface area contributed by atoms with Crippen molar-refractivity contribution in [3.8, 4) is 11.8 Å². The van der Waals surface area contributed by atoms with Gasteiger partial charge in [-0.3, -0.25) is 0 Å². The molecule has 0 aromatic heterocycles. The lowest BCUT2D eigenvalue weighted by atomic mass is 9.83. The molecule has 0 saturated heterocycles. The minimum absolute atomic E-state index is 0.110. The zero-order valence-corrected chi connectivity index (χ0v) is 16.3. The number of carboxylic acid groups (broad SMARTS) is 1. The van der Waals surface area contributed by atoms with Gasteiger partial charge in [-0.2, -0.15) is 21.6 Å². The van der Waals surface area contributed by atoms with Gasteiger partial charge in [0.05, 0.1) is 5.56 Å². The number of hydrogen-bond acceptors (Lipinski definition) is 4. The normalized spacial score (nSPS) is 16.4. The second-order valence-electron chi connectivity index (χ2n) is 6.83. The molecule has 0 fully saturated rings. The average molecular weight is 426 g/mol. The summed E-state index contributed by atoms with van der Waals surface area (Å²) in [6, 6.07) is 5.80. The van der Waals surface area contributed by atoms with E-state index in [-0.39, 0.29) is 11.1 Å². The summed E-state index contributed by atoms with van der Waals surface area (Å²) >= 11 is 0. The van der Waals surface area contributed by atoms with Crippen molar-refractivity contribution in [1.82, 2.24) is 0 Å². The first-order chi connectivity index (χ1) is 13.3. The van der Waals surface area contributed by atoms with Crippen LogP contribution in [0.2, 0.25) is 0 Å². The fourth-order valence-electron chi connectivity index (χ4n) is 2.36. The molecule has 1 aliphatic rings. The molecule has 0 heterocycles. The highest BCUT2D eigenvalue weighted by Gasteiger charge is 2.49. The van der Waals surface area contributed by atoms with E-state index in [1.807, 2.05) is 13.8 Å². The van der Waals surface area contributed by atoms with E-state index in [0.29, 0.717) is 12.0 Å². The molecule has 0 bridgehead atoms. The summed E-state index contributed by atoms with van der Waals surface area (Å²) in [7, 11) is -5.78. The lowest BCUT2D eigenvalue weighted by Gasteiger charge is -2.25. The highest BCUT2D eigenvalue weighted by atomic mass is 32.2. The van der Waals surface area contributed by atoms with Crippen LogP contribution in [0.4, 0.5) is 13.2 Å². The number of alkyl halides is 3. The Kier molecular flexibility index (Phi) is 6.28. The quantitative estimate of drug-likeness (QED) is 0.439. The van der Waals surface area contributed by atoms with Crippen LogP contribution in [-0.4, -0.2) is 25.0 Å². The summed E-state index contributed by atoms with van der Waals surface area (Å²) in [4.78, 5) is 10.8. The van der Waals surface area contributed by atoms with Gasteiger partial charge < -0.3 is 9.29 Å². The molecule has 154 valence electrons. The maximum Gasteiger partial charge on any atom is 0.534 e. The Morgan fingerprint density at radius 3 is 2.41 bits per heavy atom. The fraction of sp³-hybridized carbons (Fsp3) is 0.250. The molecule has 0 amide bonds. The van der Waals surface area contributed by atoms with Crippen LogP contribution >= 0.6 is 0 Å². The number of allylic oxidation sites excluding steroid dienone is 4. The molecule has 29 heavy (non-hydrogen) atoms. The average Bonchev–Trinajstić information content (AvgIpc) is 2.60. The van der Waals surface area contributed by atoms with Gasteiger partial charge in [0.15, 0.2) is 0 Å². The van der Waals surface area contributed by atoms with Gasteiger partial charge in [0, 0.05) is 11.1 Å². The number of aromatic carboxylic acids is 1. The number of carboxylic acids is 1. The number of benzene rings is 1. The van der Waals surface area contributed by atoms with Gasteiger partial charge in [0.25, 0.3) is 0 Å². The molecule has 1 aromatic carbocycles. The third-order valence-electron chi connectivity index (χ3n) is 3.82.